The van der Waals surface area contributed by atoms with Crippen LogP contribution >= 0.6 is 11.6 Å². The lowest BCUT2D eigenvalue weighted by atomic mass is 10.0. The van der Waals surface area contributed by atoms with Crippen LogP contribution in [-0.2, 0) is 4.79 Å². The van der Waals surface area contributed by atoms with Crippen LogP contribution in [0.5, 0.6) is 0 Å². The molecule has 0 aliphatic rings. The molecule has 0 atom stereocenters. The van der Waals surface area contributed by atoms with Crippen LogP contribution in [0.25, 0.3) is 16.6 Å². The molecule has 4 rings (SSSR count). The van der Waals surface area contributed by atoms with Crippen molar-refractivity contribution in [3.63, 3.8) is 0 Å². The summed E-state index contributed by atoms with van der Waals surface area (Å²) < 4.78 is 1.75. The number of ketones is 1. The zero-order chi connectivity index (χ0) is 19.7. The van der Waals surface area contributed by atoms with E-state index in [9.17, 15) is 9.59 Å². The minimum atomic E-state index is -0.702. The Balaban J connectivity index is 1.78. The lowest BCUT2D eigenvalue weighted by Gasteiger charge is -2.10. The fourth-order valence-corrected chi connectivity index (χ4v) is 3.40. The first kappa shape index (κ1) is 18.0. The van der Waals surface area contributed by atoms with Gasteiger partial charge in [-0.25, -0.2) is 0 Å². The van der Waals surface area contributed by atoms with Gasteiger partial charge in [-0.2, -0.15) is 0 Å². The van der Waals surface area contributed by atoms with Gasteiger partial charge in [0.05, 0.1) is 0 Å². The summed E-state index contributed by atoms with van der Waals surface area (Å²) in [5.74, 6) is -1.31. The Morgan fingerprint density at radius 3 is 2.46 bits per heavy atom. The van der Waals surface area contributed by atoms with Crippen molar-refractivity contribution in [3.05, 3.63) is 95.3 Å². The number of hydrogen-bond acceptors (Lipinski definition) is 2. The van der Waals surface area contributed by atoms with Crippen molar-refractivity contribution >= 4 is 34.5 Å². The molecule has 138 valence electrons. The van der Waals surface area contributed by atoms with Crippen LogP contribution in [0.2, 0.25) is 5.02 Å². The number of fused-ring (bicyclic) bond motifs is 1. The van der Waals surface area contributed by atoms with Gasteiger partial charge < -0.3 is 9.72 Å². The minimum Gasteiger partial charge on any atom is -0.319 e. The lowest BCUT2D eigenvalue weighted by Crippen LogP contribution is -2.25. The average molecular weight is 389 g/mol. The second-order valence-corrected chi connectivity index (χ2v) is 6.87. The predicted octanol–water partition coefficient (Wildman–Crippen LogP) is 5.39. The number of benzene rings is 2. The molecule has 2 aromatic heterocycles. The third-order valence-electron chi connectivity index (χ3n) is 4.70. The zero-order valence-corrected chi connectivity index (χ0v) is 15.9. The van der Waals surface area contributed by atoms with E-state index in [-0.39, 0.29) is 0 Å². The maximum atomic E-state index is 13.1. The lowest BCUT2D eigenvalue weighted by molar-refractivity contribution is -0.112. The molecule has 0 aliphatic heterocycles. The molecule has 0 saturated carbocycles. The first-order chi connectivity index (χ1) is 13.6. The number of nitrogens with zero attached hydrogens (tertiary/aromatic N) is 1. The highest BCUT2D eigenvalue weighted by molar-refractivity contribution is 6.47. The van der Waals surface area contributed by atoms with Crippen molar-refractivity contribution in [3.8, 4) is 11.1 Å². The van der Waals surface area contributed by atoms with Crippen molar-refractivity contribution in [2.24, 2.45) is 0 Å². The van der Waals surface area contributed by atoms with Gasteiger partial charge in [0.1, 0.15) is 5.69 Å². The van der Waals surface area contributed by atoms with Gasteiger partial charge >= 0.3 is 0 Å². The monoisotopic (exact) mass is 388 g/mol. The molecule has 0 unspecified atom stereocenters. The fourth-order valence-electron chi connectivity index (χ4n) is 3.22. The number of nitrogens with one attached hydrogen (secondary N) is 1. The molecule has 4 nitrogen and oxygen atoms in total. The fraction of sp³-hybridized carbons (Fsp3) is 0.0435. The Hall–Kier alpha value is -3.37. The standard InChI is InChI=1S/C23H17ClN2O2/c1-15-19(24)11-7-12-20(15)25-23(28)22(27)21-18(16-8-3-2-4-9-16)14-17-10-5-6-13-26(17)21/h2-14H,1H3,(H,25,28). The van der Waals surface area contributed by atoms with E-state index in [2.05, 4.69) is 5.32 Å². The predicted molar refractivity (Wildman–Crippen MR) is 112 cm³/mol. The average Bonchev–Trinajstić information content (AvgIpc) is 3.11. The van der Waals surface area contributed by atoms with Crippen molar-refractivity contribution in [2.45, 2.75) is 6.92 Å². The molecule has 1 N–H and O–H groups in total. The highest BCUT2D eigenvalue weighted by Crippen LogP contribution is 2.29. The van der Waals surface area contributed by atoms with Gasteiger partial charge in [0.2, 0.25) is 0 Å². The number of anilines is 1. The Morgan fingerprint density at radius 2 is 1.68 bits per heavy atom. The second-order valence-electron chi connectivity index (χ2n) is 6.46. The number of carbonyl (C=O) groups excluding carboxylic acids is 2. The second kappa shape index (κ2) is 7.33. The molecule has 5 heteroatoms. The first-order valence-corrected chi connectivity index (χ1v) is 9.20. The number of aromatic nitrogens is 1. The zero-order valence-electron chi connectivity index (χ0n) is 15.1. The summed E-state index contributed by atoms with van der Waals surface area (Å²) in [5, 5.41) is 3.23. The number of pyridine rings is 1. The SMILES string of the molecule is Cc1c(Cl)cccc1NC(=O)C(=O)c1c(-c2ccccc2)cc2ccccn12. The summed E-state index contributed by atoms with van der Waals surface area (Å²) >= 11 is 6.12. The van der Waals surface area contributed by atoms with Gasteiger partial charge in [-0.3, -0.25) is 9.59 Å². The molecule has 4 aromatic rings. The molecular formula is C23H17ClN2O2. The summed E-state index contributed by atoms with van der Waals surface area (Å²) in [7, 11) is 0. The molecule has 2 aromatic carbocycles. The quantitative estimate of drug-likeness (QED) is 0.376. The molecule has 2 heterocycles. The highest BCUT2D eigenvalue weighted by atomic mass is 35.5. The van der Waals surface area contributed by atoms with Crippen LogP contribution in [0.3, 0.4) is 0 Å². The van der Waals surface area contributed by atoms with Gasteiger partial charge in [0, 0.05) is 28.0 Å². The van der Waals surface area contributed by atoms with E-state index in [0.717, 1.165) is 16.6 Å². The van der Waals surface area contributed by atoms with Crippen molar-refractivity contribution in [2.75, 3.05) is 5.32 Å². The normalized spacial score (nSPS) is 10.8. The number of rotatable bonds is 4. The summed E-state index contributed by atoms with van der Waals surface area (Å²) in [6.45, 7) is 1.80. The number of amides is 1. The molecular weight excluding hydrogens is 372 g/mol. The third-order valence-corrected chi connectivity index (χ3v) is 5.11. The first-order valence-electron chi connectivity index (χ1n) is 8.82. The Labute approximate surface area is 167 Å². The summed E-state index contributed by atoms with van der Waals surface area (Å²) in [4.78, 5) is 25.9. The van der Waals surface area contributed by atoms with E-state index in [0.29, 0.717) is 22.0 Å². The largest absolute Gasteiger partial charge is 0.319 e. The Kier molecular flexibility index (Phi) is 4.72. The molecule has 0 aliphatic carbocycles. The van der Waals surface area contributed by atoms with Crippen LogP contribution in [0.1, 0.15) is 16.1 Å². The van der Waals surface area contributed by atoms with Gasteiger partial charge in [-0.1, -0.05) is 54.1 Å². The molecule has 1 amide bonds. The van der Waals surface area contributed by atoms with E-state index in [4.69, 9.17) is 11.6 Å². The Morgan fingerprint density at radius 1 is 0.929 bits per heavy atom. The molecule has 0 saturated heterocycles. The van der Waals surface area contributed by atoms with Crippen molar-refractivity contribution in [1.29, 1.82) is 0 Å². The van der Waals surface area contributed by atoms with Crippen LogP contribution < -0.4 is 5.32 Å². The molecule has 0 spiro atoms. The number of halogens is 1. The maximum Gasteiger partial charge on any atom is 0.298 e. The van der Waals surface area contributed by atoms with E-state index >= 15 is 0 Å². The van der Waals surface area contributed by atoms with E-state index in [1.54, 1.807) is 35.7 Å². The van der Waals surface area contributed by atoms with Gasteiger partial charge in [-0.15, -0.1) is 0 Å². The number of Topliss-reactive ketones (excluding diaryl/α,β-unsaturated/α-hetero) is 1. The van der Waals surface area contributed by atoms with Crippen LogP contribution in [-0.4, -0.2) is 16.1 Å². The summed E-state index contributed by atoms with van der Waals surface area (Å²) in [6, 6.07) is 22.3. The summed E-state index contributed by atoms with van der Waals surface area (Å²) in [6.07, 6.45) is 1.78. The van der Waals surface area contributed by atoms with E-state index < -0.39 is 11.7 Å². The number of hydrogen-bond donors (Lipinski definition) is 1. The van der Waals surface area contributed by atoms with E-state index in [1.807, 2.05) is 54.6 Å². The number of carbonyl (C=O) groups is 2. The topological polar surface area (TPSA) is 50.6 Å². The van der Waals surface area contributed by atoms with E-state index in [1.165, 1.54) is 0 Å². The highest BCUT2D eigenvalue weighted by Gasteiger charge is 2.25. The van der Waals surface area contributed by atoms with Gasteiger partial charge in [-0.05, 0) is 48.4 Å². The van der Waals surface area contributed by atoms with Crippen LogP contribution in [0.15, 0.2) is 79.0 Å². The molecule has 28 heavy (non-hydrogen) atoms. The van der Waals surface area contributed by atoms with Crippen LogP contribution in [0, 0.1) is 6.92 Å². The molecule has 0 fully saturated rings. The Bertz CT molecular complexity index is 1200. The van der Waals surface area contributed by atoms with Gasteiger partial charge in [0.15, 0.2) is 0 Å². The van der Waals surface area contributed by atoms with Crippen molar-refractivity contribution < 1.29 is 9.59 Å². The molecule has 0 radical (unpaired) electrons. The van der Waals surface area contributed by atoms with Crippen molar-refractivity contribution in [1.82, 2.24) is 4.40 Å². The minimum absolute atomic E-state index is 0.332. The van der Waals surface area contributed by atoms with Crippen LogP contribution in [0.4, 0.5) is 5.69 Å². The maximum absolute atomic E-state index is 13.1. The summed E-state index contributed by atoms with van der Waals surface area (Å²) in [5.41, 5.74) is 4.01. The van der Waals surface area contributed by atoms with Gasteiger partial charge in [0.25, 0.3) is 11.7 Å². The molecule has 0 bridgehead atoms. The smallest absolute Gasteiger partial charge is 0.298 e. The third kappa shape index (κ3) is 3.19.